The molecule has 0 aliphatic carbocycles. The number of carbonyl (C=O) groups excluding carboxylic acids is 4. The van der Waals surface area contributed by atoms with Crippen LogP contribution in [0.25, 0.3) is 0 Å². The fourth-order valence-corrected chi connectivity index (χ4v) is 2.07. The van der Waals surface area contributed by atoms with Crippen LogP contribution in [0, 0.1) is 5.92 Å². The van der Waals surface area contributed by atoms with E-state index in [1.807, 2.05) is 0 Å². The van der Waals surface area contributed by atoms with Crippen LogP contribution in [0.3, 0.4) is 0 Å². The maximum absolute atomic E-state index is 12.1. The van der Waals surface area contributed by atoms with Crippen LogP contribution in [0.1, 0.15) is 20.3 Å². The first kappa shape index (κ1) is 23.7. The van der Waals surface area contributed by atoms with Crippen molar-refractivity contribution in [1.29, 1.82) is 0 Å². The van der Waals surface area contributed by atoms with Crippen LogP contribution in [-0.2, 0) is 24.0 Å². The Morgan fingerprint density at radius 3 is 2.08 bits per heavy atom. The quantitative estimate of drug-likeness (QED) is 0.182. The van der Waals surface area contributed by atoms with Crippen LogP contribution in [0.4, 0.5) is 0 Å². The SMILES string of the molecule is CC(C)C(NC(=O)C(CS)NC(=O)CNC(=O)C(N)CC(N)=O)C(=O)O. The lowest BCUT2D eigenvalue weighted by molar-refractivity contribution is -0.143. The van der Waals surface area contributed by atoms with Gasteiger partial charge in [0.1, 0.15) is 12.1 Å². The maximum atomic E-state index is 12.1. The first-order chi connectivity index (χ1) is 12.0. The van der Waals surface area contributed by atoms with E-state index in [1.165, 1.54) is 0 Å². The topological polar surface area (TPSA) is 194 Å². The van der Waals surface area contributed by atoms with Crippen LogP contribution in [-0.4, -0.2) is 65.1 Å². The molecule has 0 bridgehead atoms. The van der Waals surface area contributed by atoms with E-state index in [1.54, 1.807) is 13.8 Å². The molecule has 0 aliphatic heterocycles. The molecule has 26 heavy (non-hydrogen) atoms. The van der Waals surface area contributed by atoms with Crippen molar-refractivity contribution in [3.05, 3.63) is 0 Å². The lowest BCUT2D eigenvalue weighted by atomic mass is 10.0. The highest BCUT2D eigenvalue weighted by molar-refractivity contribution is 7.80. The van der Waals surface area contributed by atoms with Crippen molar-refractivity contribution < 1.29 is 29.1 Å². The van der Waals surface area contributed by atoms with Gasteiger partial charge in [0, 0.05) is 5.75 Å². The molecule has 0 saturated heterocycles. The Morgan fingerprint density at radius 1 is 1.08 bits per heavy atom. The van der Waals surface area contributed by atoms with E-state index in [2.05, 4.69) is 28.6 Å². The van der Waals surface area contributed by atoms with Gasteiger partial charge in [-0.05, 0) is 5.92 Å². The molecule has 0 aliphatic rings. The summed E-state index contributed by atoms with van der Waals surface area (Å²) in [6.07, 6.45) is -0.374. The largest absolute Gasteiger partial charge is 0.480 e. The van der Waals surface area contributed by atoms with E-state index in [9.17, 15) is 24.0 Å². The fourth-order valence-electron chi connectivity index (χ4n) is 1.81. The van der Waals surface area contributed by atoms with Crippen LogP contribution < -0.4 is 27.4 Å². The number of amides is 4. The average molecular weight is 391 g/mol. The van der Waals surface area contributed by atoms with Crippen molar-refractivity contribution >= 4 is 42.2 Å². The Hall–Kier alpha value is -2.34. The molecule has 0 aromatic heterocycles. The monoisotopic (exact) mass is 391 g/mol. The van der Waals surface area contributed by atoms with Crippen LogP contribution in [0.2, 0.25) is 0 Å². The van der Waals surface area contributed by atoms with Gasteiger partial charge in [-0.1, -0.05) is 13.8 Å². The van der Waals surface area contributed by atoms with Gasteiger partial charge in [-0.15, -0.1) is 0 Å². The Kier molecular flexibility index (Phi) is 10.3. The number of aliphatic carboxylic acids is 1. The molecule has 0 aromatic carbocycles. The lowest BCUT2D eigenvalue weighted by Gasteiger charge is -2.22. The Bertz CT molecular complexity index is 556. The predicted octanol–water partition coefficient (Wildman–Crippen LogP) is -3.05. The second-order valence-corrected chi connectivity index (χ2v) is 6.23. The molecule has 8 N–H and O–H groups in total. The highest BCUT2D eigenvalue weighted by Crippen LogP contribution is 2.02. The normalized spacial score (nSPS) is 14.0. The van der Waals surface area contributed by atoms with Gasteiger partial charge in [0.25, 0.3) is 0 Å². The highest BCUT2D eigenvalue weighted by atomic mass is 32.1. The van der Waals surface area contributed by atoms with E-state index in [0.717, 1.165) is 0 Å². The summed E-state index contributed by atoms with van der Waals surface area (Å²) in [5.74, 6) is -4.59. The van der Waals surface area contributed by atoms with E-state index in [0.29, 0.717) is 0 Å². The predicted molar refractivity (Wildman–Crippen MR) is 95.0 cm³/mol. The molecule has 12 heteroatoms. The average Bonchev–Trinajstić information content (AvgIpc) is 2.53. The van der Waals surface area contributed by atoms with E-state index in [4.69, 9.17) is 16.6 Å². The minimum absolute atomic E-state index is 0.0862. The molecule has 0 fully saturated rings. The summed E-state index contributed by atoms with van der Waals surface area (Å²) in [6.45, 7) is 2.76. The first-order valence-electron chi connectivity index (χ1n) is 7.74. The van der Waals surface area contributed by atoms with Crippen LogP contribution in [0.5, 0.6) is 0 Å². The van der Waals surface area contributed by atoms with Crippen molar-refractivity contribution in [3.63, 3.8) is 0 Å². The Labute approximate surface area is 156 Å². The first-order valence-corrected chi connectivity index (χ1v) is 8.37. The molecular weight excluding hydrogens is 366 g/mol. The molecule has 11 nitrogen and oxygen atoms in total. The number of carboxylic acids is 1. The number of carboxylic acid groups (broad SMARTS) is 1. The summed E-state index contributed by atoms with van der Waals surface area (Å²) < 4.78 is 0. The summed E-state index contributed by atoms with van der Waals surface area (Å²) in [5, 5.41) is 15.9. The Balaban J connectivity index is 4.59. The zero-order chi connectivity index (χ0) is 20.4. The van der Waals surface area contributed by atoms with Crippen molar-refractivity contribution in [1.82, 2.24) is 16.0 Å². The standard InChI is InChI=1S/C14H25N5O6S/c1-6(2)11(14(24)25)19-13(23)8(5-26)18-10(21)4-17-12(22)7(15)3-9(16)20/h6-8,11,26H,3-5,15H2,1-2H3,(H2,16,20)(H,17,22)(H,18,21)(H,19,23)(H,24,25). The van der Waals surface area contributed by atoms with Gasteiger partial charge in [-0.25, -0.2) is 4.79 Å². The molecule has 0 aromatic rings. The summed E-state index contributed by atoms with van der Waals surface area (Å²) >= 11 is 3.95. The molecule has 0 radical (unpaired) electrons. The van der Waals surface area contributed by atoms with Gasteiger partial charge in [0.15, 0.2) is 0 Å². The van der Waals surface area contributed by atoms with Crippen LogP contribution in [0.15, 0.2) is 0 Å². The van der Waals surface area contributed by atoms with E-state index < -0.39 is 54.3 Å². The third-order valence-corrected chi connectivity index (χ3v) is 3.61. The van der Waals surface area contributed by atoms with Gasteiger partial charge in [0.05, 0.1) is 19.0 Å². The zero-order valence-corrected chi connectivity index (χ0v) is 15.4. The molecule has 148 valence electrons. The molecular formula is C14H25N5O6S. The molecule has 4 amide bonds. The number of carbonyl (C=O) groups is 5. The van der Waals surface area contributed by atoms with Gasteiger partial charge < -0.3 is 32.5 Å². The second kappa shape index (κ2) is 11.3. The molecule has 3 unspecified atom stereocenters. The van der Waals surface area contributed by atoms with Crippen LogP contribution >= 0.6 is 12.6 Å². The molecule has 0 spiro atoms. The number of nitrogens with one attached hydrogen (secondary N) is 3. The summed E-state index contributed by atoms with van der Waals surface area (Å²) in [6, 6.07) is -3.40. The minimum atomic E-state index is -1.20. The van der Waals surface area contributed by atoms with E-state index >= 15 is 0 Å². The molecule has 0 rings (SSSR count). The molecule has 0 heterocycles. The number of hydrogen-bond acceptors (Lipinski definition) is 7. The third-order valence-electron chi connectivity index (χ3n) is 3.25. The van der Waals surface area contributed by atoms with Gasteiger partial charge in [0.2, 0.25) is 23.6 Å². The lowest BCUT2D eigenvalue weighted by Crippen LogP contribution is -2.55. The summed E-state index contributed by atoms with van der Waals surface area (Å²) in [4.78, 5) is 57.3. The molecule has 3 atom stereocenters. The van der Waals surface area contributed by atoms with Gasteiger partial charge >= 0.3 is 5.97 Å². The third kappa shape index (κ3) is 8.67. The number of thiol groups is 1. The number of hydrogen-bond donors (Lipinski definition) is 7. The van der Waals surface area contributed by atoms with E-state index in [-0.39, 0.29) is 18.1 Å². The maximum Gasteiger partial charge on any atom is 0.326 e. The molecule has 0 saturated carbocycles. The fraction of sp³-hybridized carbons (Fsp3) is 0.643. The number of rotatable bonds is 11. The van der Waals surface area contributed by atoms with Crippen molar-refractivity contribution in [3.8, 4) is 0 Å². The minimum Gasteiger partial charge on any atom is -0.480 e. The number of primary amides is 1. The van der Waals surface area contributed by atoms with Gasteiger partial charge in [-0.2, -0.15) is 12.6 Å². The van der Waals surface area contributed by atoms with Crippen molar-refractivity contribution in [2.75, 3.05) is 12.3 Å². The Morgan fingerprint density at radius 2 is 1.65 bits per heavy atom. The van der Waals surface area contributed by atoms with Gasteiger partial charge in [-0.3, -0.25) is 19.2 Å². The summed E-state index contributed by atoms with van der Waals surface area (Å²) in [7, 11) is 0. The summed E-state index contributed by atoms with van der Waals surface area (Å²) in [5.41, 5.74) is 10.3. The van der Waals surface area contributed by atoms with Crippen molar-refractivity contribution in [2.24, 2.45) is 17.4 Å². The number of nitrogens with two attached hydrogens (primary N) is 2. The smallest absolute Gasteiger partial charge is 0.326 e. The second-order valence-electron chi connectivity index (χ2n) is 5.87. The van der Waals surface area contributed by atoms with Crippen molar-refractivity contribution in [2.45, 2.75) is 38.4 Å². The zero-order valence-electron chi connectivity index (χ0n) is 14.5. The highest BCUT2D eigenvalue weighted by Gasteiger charge is 2.28.